The van der Waals surface area contributed by atoms with Crippen LogP contribution in [0.25, 0.3) is 0 Å². The quantitative estimate of drug-likeness (QED) is 0.763. The minimum atomic E-state index is -2.56. The first-order chi connectivity index (χ1) is 8.04. The van der Waals surface area contributed by atoms with Crippen molar-refractivity contribution in [2.75, 3.05) is 19.0 Å². The predicted octanol–water partition coefficient (Wildman–Crippen LogP) is 2.34. The van der Waals surface area contributed by atoms with Crippen molar-refractivity contribution in [3.63, 3.8) is 0 Å². The van der Waals surface area contributed by atoms with Gasteiger partial charge in [0.05, 0.1) is 6.54 Å². The molecule has 17 heavy (non-hydrogen) atoms. The molecule has 1 aromatic heterocycles. The van der Waals surface area contributed by atoms with Crippen molar-refractivity contribution >= 4 is 17.5 Å². The molecule has 0 unspecified atom stereocenters. The number of rotatable bonds is 5. The lowest BCUT2D eigenvalue weighted by molar-refractivity contribution is 0.0571. The molecule has 1 aromatic rings. The van der Waals surface area contributed by atoms with E-state index in [1.165, 1.54) is 12.3 Å². The molecule has 0 saturated carbocycles. The average molecular weight is 263 g/mol. The number of hydrogen-bond acceptors (Lipinski definition) is 2. The highest BCUT2D eigenvalue weighted by atomic mass is 35.5. The molecule has 0 fully saturated rings. The van der Waals surface area contributed by atoms with E-state index in [1.807, 2.05) is 0 Å². The Bertz CT molecular complexity index is 387. The molecule has 3 nitrogen and oxygen atoms in total. The summed E-state index contributed by atoms with van der Waals surface area (Å²) in [5, 5.41) is 0. The van der Waals surface area contributed by atoms with Gasteiger partial charge in [0, 0.05) is 29.9 Å². The largest absolute Gasteiger partial charge is 0.332 e. The molecule has 94 valence electrons. The number of carbonyl (C=O) groups is 1. The van der Waals surface area contributed by atoms with Crippen LogP contribution in [0.15, 0.2) is 18.3 Å². The van der Waals surface area contributed by atoms with E-state index in [0.29, 0.717) is 11.3 Å². The van der Waals surface area contributed by atoms with Crippen molar-refractivity contribution in [3.8, 4) is 0 Å². The van der Waals surface area contributed by atoms with Crippen LogP contribution in [0.3, 0.4) is 0 Å². The van der Waals surface area contributed by atoms with Gasteiger partial charge >= 0.3 is 0 Å². The lowest BCUT2D eigenvalue weighted by atomic mass is 10.2. The lowest BCUT2D eigenvalue weighted by Crippen LogP contribution is -2.36. The molecule has 1 rings (SSSR count). The highest BCUT2D eigenvalue weighted by molar-refractivity contribution is 6.18. The van der Waals surface area contributed by atoms with Gasteiger partial charge in [-0.15, -0.1) is 11.6 Å². The third kappa shape index (κ3) is 4.26. The molecule has 0 aliphatic rings. The summed E-state index contributed by atoms with van der Waals surface area (Å²) in [4.78, 5) is 16.9. The Morgan fingerprint density at radius 3 is 2.82 bits per heavy atom. The highest BCUT2D eigenvalue weighted by Gasteiger charge is 2.19. The van der Waals surface area contributed by atoms with Crippen LogP contribution in [0.5, 0.6) is 0 Å². The monoisotopic (exact) mass is 262 g/mol. The molecule has 0 aliphatic carbocycles. The molecule has 0 radical (unpaired) electrons. The van der Waals surface area contributed by atoms with E-state index in [4.69, 9.17) is 11.6 Å². The van der Waals surface area contributed by atoms with Crippen LogP contribution in [0.2, 0.25) is 0 Å². The molecule has 0 aliphatic heterocycles. The topological polar surface area (TPSA) is 33.2 Å². The van der Waals surface area contributed by atoms with Crippen LogP contribution in [-0.2, 0) is 0 Å². The van der Waals surface area contributed by atoms with Gasteiger partial charge in [-0.25, -0.2) is 8.78 Å². The molecule has 0 atom stereocenters. The van der Waals surface area contributed by atoms with Crippen molar-refractivity contribution in [1.29, 1.82) is 0 Å². The summed E-state index contributed by atoms with van der Waals surface area (Å²) in [5.41, 5.74) is 1.02. The van der Waals surface area contributed by atoms with E-state index in [-0.39, 0.29) is 12.4 Å². The summed E-state index contributed by atoms with van der Waals surface area (Å²) in [6.07, 6.45) is -1.09. The Hall–Kier alpha value is -1.23. The number of alkyl halides is 3. The van der Waals surface area contributed by atoms with Gasteiger partial charge in [-0.1, -0.05) is 0 Å². The Morgan fingerprint density at radius 1 is 1.59 bits per heavy atom. The van der Waals surface area contributed by atoms with Gasteiger partial charge in [-0.05, 0) is 19.1 Å². The molecular formula is C11H13ClF2N2O. The van der Waals surface area contributed by atoms with Gasteiger partial charge in [0.2, 0.25) is 0 Å². The minimum Gasteiger partial charge on any atom is -0.332 e. The second-order valence-corrected chi connectivity index (χ2v) is 3.90. The highest BCUT2D eigenvalue weighted by Crippen LogP contribution is 2.08. The SMILES string of the molecule is Cc1cc(C(=O)N(CCCl)CC(F)F)ccn1. The number of carbonyl (C=O) groups excluding carboxylic acids is 1. The summed E-state index contributed by atoms with van der Waals surface area (Å²) >= 11 is 5.49. The van der Waals surface area contributed by atoms with E-state index >= 15 is 0 Å². The Labute approximate surface area is 103 Å². The van der Waals surface area contributed by atoms with Gasteiger partial charge < -0.3 is 4.90 Å². The molecule has 0 saturated heterocycles. The first-order valence-electron chi connectivity index (χ1n) is 5.10. The fourth-order valence-corrected chi connectivity index (χ4v) is 1.61. The van der Waals surface area contributed by atoms with Gasteiger partial charge in [0.25, 0.3) is 12.3 Å². The molecule has 1 heterocycles. The summed E-state index contributed by atoms with van der Waals surface area (Å²) in [5.74, 6) is -0.320. The third-order valence-electron chi connectivity index (χ3n) is 2.14. The molecule has 0 aromatic carbocycles. The molecule has 0 bridgehead atoms. The van der Waals surface area contributed by atoms with Gasteiger partial charge in [-0.3, -0.25) is 9.78 Å². The van der Waals surface area contributed by atoms with Crippen molar-refractivity contribution in [2.24, 2.45) is 0 Å². The number of amides is 1. The fourth-order valence-electron chi connectivity index (χ4n) is 1.41. The van der Waals surface area contributed by atoms with Crippen molar-refractivity contribution in [1.82, 2.24) is 9.88 Å². The predicted molar refractivity (Wildman–Crippen MR) is 61.6 cm³/mol. The number of hydrogen-bond donors (Lipinski definition) is 0. The number of pyridine rings is 1. The van der Waals surface area contributed by atoms with Crippen molar-refractivity contribution in [3.05, 3.63) is 29.6 Å². The fraction of sp³-hybridized carbons (Fsp3) is 0.455. The second kappa shape index (κ2) is 6.49. The zero-order chi connectivity index (χ0) is 12.8. The smallest absolute Gasteiger partial charge is 0.255 e. The van der Waals surface area contributed by atoms with Crippen LogP contribution in [0, 0.1) is 6.92 Å². The Kier molecular flexibility index (Phi) is 5.28. The second-order valence-electron chi connectivity index (χ2n) is 3.52. The van der Waals surface area contributed by atoms with Gasteiger partial charge in [0.1, 0.15) is 0 Å². The van der Waals surface area contributed by atoms with Crippen molar-refractivity contribution in [2.45, 2.75) is 13.3 Å². The normalized spacial score (nSPS) is 10.6. The van der Waals surface area contributed by atoms with Crippen molar-refractivity contribution < 1.29 is 13.6 Å². The third-order valence-corrected chi connectivity index (χ3v) is 2.31. The molecular weight excluding hydrogens is 250 g/mol. The first-order valence-corrected chi connectivity index (χ1v) is 5.64. The number of aryl methyl sites for hydroxylation is 1. The first kappa shape index (κ1) is 13.8. The van der Waals surface area contributed by atoms with E-state index < -0.39 is 18.9 Å². The van der Waals surface area contributed by atoms with Crippen LogP contribution in [0.1, 0.15) is 16.1 Å². The molecule has 0 spiro atoms. The average Bonchev–Trinajstić information content (AvgIpc) is 2.27. The Balaban J connectivity index is 2.83. The van der Waals surface area contributed by atoms with E-state index in [9.17, 15) is 13.6 Å². The molecule has 1 amide bonds. The van der Waals surface area contributed by atoms with E-state index in [2.05, 4.69) is 4.98 Å². The molecule has 6 heteroatoms. The van der Waals surface area contributed by atoms with Gasteiger partial charge in [-0.2, -0.15) is 0 Å². The maximum absolute atomic E-state index is 12.3. The Morgan fingerprint density at radius 2 is 2.29 bits per heavy atom. The summed E-state index contributed by atoms with van der Waals surface area (Å²) in [7, 11) is 0. The standard InChI is InChI=1S/C11H13ClF2N2O/c1-8-6-9(2-4-15-8)11(17)16(5-3-12)7-10(13)14/h2,4,6,10H,3,5,7H2,1H3. The zero-order valence-corrected chi connectivity index (χ0v) is 10.1. The van der Waals surface area contributed by atoms with Crippen LogP contribution < -0.4 is 0 Å². The van der Waals surface area contributed by atoms with E-state index in [1.54, 1.807) is 13.0 Å². The van der Waals surface area contributed by atoms with Crippen LogP contribution in [-0.4, -0.2) is 41.2 Å². The summed E-state index contributed by atoms with van der Waals surface area (Å²) < 4.78 is 24.6. The maximum atomic E-state index is 12.3. The van der Waals surface area contributed by atoms with E-state index in [0.717, 1.165) is 4.90 Å². The summed E-state index contributed by atoms with van der Waals surface area (Å²) in [6, 6.07) is 3.07. The zero-order valence-electron chi connectivity index (χ0n) is 9.37. The summed E-state index contributed by atoms with van der Waals surface area (Å²) in [6.45, 7) is 1.23. The molecule has 0 N–H and O–H groups in total. The number of nitrogens with zero attached hydrogens (tertiary/aromatic N) is 2. The maximum Gasteiger partial charge on any atom is 0.255 e. The minimum absolute atomic E-state index is 0.103. The van der Waals surface area contributed by atoms with Gasteiger partial charge in [0.15, 0.2) is 0 Å². The number of aromatic nitrogens is 1. The van der Waals surface area contributed by atoms with Crippen LogP contribution >= 0.6 is 11.6 Å². The number of halogens is 3. The van der Waals surface area contributed by atoms with Crippen LogP contribution in [0.4, 0.5) is 8.78 Å². The lowest BCUT2D eigenvalue weighted by Gasteiger charge is -2.21.